The van der Waals surface area contributed by atoms with E-state index in [0.29, 0.717) is 35.6 Å². The Labute approximate surface area is 183 Å². The van der Waals surface area contributed by atoms with Crippen LogP contribution in [0.15, 0.2) is 18.2 Å². The van der Waals surface area contributed by atoms with Gasteiger partial charge in [-0.15, -0.1) is 0 Å². The Hall–Kier alpha value is -2.76. The Morgan fingerprint density at radius 2 is 1.81 bits per heavy atom. The molecular formula is C25H31NO5. The topological polar surface area (TPSA) is 77.6 Å². The molecule has 2 aliphatic rings. The number of nitrogens with one attached hydrogen (secondary N) is 1. The summed E-state index contributed by atoms with van der Waals surface area (Å²) >= 11 is 0. The second-order valence-electron chi connectivity index (χ2n) is 8.90. The van der Waals surface area contributed by atoms with Crippen LogP contribution in [-0.2, 0) is 11.2 Å². The van der Waals surface area contributed by atoms with Crippen molar-refractivity contribution >= 4 is 11.8 Å². The van der Waals surface area contributed by atoms with Gasteiger partial charge in [0.15, 0.2) is 5.78 Å². The molecule has 0 bridgehead atoms. The average Bonchev–Trinajstić information content (AvgIpc) is 3.11. The molecule has 1 fully saturated rings. The lowest BCUT2D eigenvalue weighted by molar-refractivity contribution is 0.0167. The maximum atomic E-state index is 13.1. The predicted octanol–water partition coefficient (Wildman–Crippen LogP) is 4.99. The molecular weight excluding hydrogens is 394 g/mol. The molecule has 1 aromatic carbocycles. The number of carbonyl (C=O) groups excluding carboxylic acids is 2. The molecule has 1 aromatic heterocycles. The summed E-state index contributed by atoms with van der Waals surface area (Å²) in [5.41, 5.74) is 3.49. The van der Waals surface area contributed by atoms with E-state index in [2.05, 4.69) is 11.9 Å². The van der Waals surface area contributed by atoms with Crippen LogP contribution in [0.3, 0.4) is 0 Å². The second-order valence-corrected chi connectivity index (χ2v) is 8.90. The van der Waals surface area contributed by atoms with E-state index in [9.17, 15) is 9.59 Å². The number of aromatic amines is 1. The lowest BCUT2D eigenvalue weighted by Gasteiger charge is -2.25. The van der Waals surface area contributed by atoms with Crippen molar-refractivity contribution in [2.75, 3.05) is 14.2 Å². The number of aromatic nitrogens is 1. The number of rotatable bonds is 5. The lowest BCUT2D eigenvalue weighted by Crippen LogP contribution is -2.24. The van der Waals surface area contributed by atoms with Gasteiger partial charge in [0.25, 0.3) is 0 Å². The molecule has 0 unspecified atom stereocenters. The van der Waals surface area contributed by atoms with Crippen molar-refractivity contribution in [1.82, 2.24) is 4.98 Å². The molecule has 2 aliphatic carbocycles. The maximum Gasteiger partial charge on any atom is 0.355 e. The summed E-state index contributed by atoms with van der Waals surface area (Å²) in [6.45, 7) is 4.07. The molecule has 0 radical (unpaired) electrons. The quantitative estimate of drug-likeness (QED) is 0.683. The number of ketones is 1. The zero-order valence-electron chi connectivity index (χ0n) is 18.7. The van der Waals surface area contributed by atoms with Crippen molar-refractivity contribution in [1.29, 1.82) is 0 Å². The van der Waals surface area contributed by atoms with Crippen molar-refractivity contribution in [3.05, 3.63) is 46.3 Å². The highest BCUT2D eigenvalue weighted by Gasteiger charge is 2.34. The molecule has 1 N–H and O–H groups in total. The third kappa shape index (κ3) is 4.21. The van der Waals surface area contributed by atoms with Crippen LogP contribution < -0.4 is 9.47 Å². The Kier molecular flexibility index (Phi) is 6.08. The molecule has 4 rings (SSSR count). The highest BCUT2D eigenvalue weighted by atomic mass is 16.5. The Balaban J connectivity index is 1.58. The van der Waals surface area contributed by atoms with Crippen LogP contribution in [0.4, 0.5) is 0 Å². The Morgan fingerprint density at radius 1 is 1.06 bits per heavy atom. The van der Waals surface area contributed by atoms with Gasteiger partial charge in [0, 0.05) is 29.2 Å². The zero-order valence-corrected chi connectivity index (χ0v) is 18.7. The van der Waals surface area contributed by atoms with Gasteiger partial charge in [-0.25, -0.2) is 4.79 Å². The van der Waals surface area contributed by atoms with Gasteiger partial charge in [0.1, 0.15) is 23.3 Å². The van der Waals surface area contributed by atoms with Crippen molar-refractivity contribution in [3.63, 3.8) is 0 Å². The zero-order chi connectivity index (χ0) is 22.1. The van der Waals surface area contributed by atoms with Gasteiger partial charge >= 0.3 is 5.97 Å². The molecule has 1 heterocycles. The average molecular weight is 426 g/mol. The fourth-order valence-electron chi connectivity index (χ4n) is 4.97. The van der Waals surface area contributed by atoms with Gasteiger partial charge in [-0.3, -0.25) is 4.79 Å². The second kappa shape index (κ2) is 8.77. The minimum absolute atomic E-state index is 0.0343. The first-order valence-corrected chi connectivity index (χ1v) is 11.1. The summed E-state index contributed by atoms with van der Waals surface area (Å²) in [6.07, 6.45) is 4.94. The van der Waals surface area contributed by atoms with E-state index in [-0.39, 0.29) is 23.8 Å². The molecule has 0 saturated heterocycles. The van der Waals surface area contributed by atoms with Gasteiger partial charge in [-0.2, -0.15) is 0 Å². The molecule has 2 aromatic rings. The molecule has 0 aliphatic heterocycles. The van der Waals surface area contributed by atoms with E-state index in [1.165, 1.54) is 0 Å². The minimum atomic E-state index is -0.352. The molecule has 166 valence electrons. The number of benzene rings is 1. The molecule has 0 spiro atoms. The van der Waals surface area contributed by atoms with Gasteiger partial charge < -0.3 is 19.2 Å². The molecule has 0 amide bonds. The van der Waals surface area contributed by atoms with Gasteiger partial charge in [-0.1, -0.05) is 6.92 Å². The van der Waals surface area contributed by atoms with Gasteiger partial charge in [-0.05, 0) is 68.7 Å². The number of methoxy groups -OCH3 is 2. The monoisotopic (exact) mass is 425 g/mol. The van der Waals surface area contributed by atoms with E-state index in [1.807, 2.05) is 25.1 Å². The van der Waals surface area contributed by atoms with E-state index in [4.69, 9.17) is 14.2 Å². The maximum absolute atomic E-state index is 13.1. The Bertz CT molecular complexity index is 984. The van der Waals surface area contributed by atoms with Crippen molar-refractivity contribution in [3.8, 4) is 11.5 Å². The van der Waals surface area contributed by atoms with Crippen LogP contribution in [0.2, 0.25) is 0 Å². The summed E-state index contributed by atoms with van der Waals surface area (Å²) in [5, 5.41) is 0. The number of ether oxygens (including phenoxy) is 3. The largest absolute Gasteiger partial charge is 0.497 e. The lowest BCUT2D eigenvalue weighted by atomic mass is 9.81. The fourth-order valence-corrected chi connectivity index (χ4v) is 4.97. The number of hydrogen-bond acceptors (Lipinski definition) is 5. The summed E-state index contributed by atoms with van der Waals surface area (Å²) in [6, 6.07) is 5.63. The van der Waals surface area contributed by atoms with Crippen molar-refractivity contribution in [2.24, 2.45) is 5.92 Å². The number of esters is 1. The molecule has 6 heteroatoms. The third-order valence-corrected chi connectivity index (χ3v) is 6.81. The first-order valence-electron chi connectivity index (χ1n) is 11.1. The van der Waals surface area contributed by atoms with E-state index in [0.717, 1.165) is 48.4 Å². The summed E-state index contributed by atoms with van der Waals surface area (Å²) < 4.78 is 16.7. The number of carbonyl (C=O) groups is 2. The van der Waals surface area contributed by atoms with Crippen LogP contribution in [-0.4, -0.2) is 37.1 Å². The molecule has 1 atom stereocenters. The van der Waals surface area contributed by atoms with Crippen LogP contribution in [0, 0.1) is 12.8 Å². The molecule has 6 nitrogen and oxygen atoms in total. The van der Waals surface area contributed by atoms with Gasteiger partial charge in [0.2, 0.25) is 0 Å². The Morgan fingerprint density at radius 3 is 2.48 bits per heavy atom. The highest BCUT2D eigenvalue weighted by Crippen LogP contribution is 2.40. The number of hydrogen-bond donors (Lipinski definition) is 1. The SMILES string of the molecule is COc1ccc(OC)c([C@@H]2CC(=O)c3c([nH]c(C(=O)OC4CCC(C)CC4)c3C)C2)c1. The smallest absolute Gasteiger partial charge is 0.355 e. The highest BCUT2D eigenvalue weighted by molar-refractivity contribution is 6.03. The van der Waals surface area contributed by atoms with Crippen molar-refractivity contribution < 1.29 is 23.8 Å². The van der Waals surface area contributed by atoms with Crippen LogP contribution in [0.25, 0.3) is 0 Å². The fraction of sp³-hybridized carbons (Fsp3) is 0.520. The number of fused-ring (bicyclic) bond motifs is 1. The van der Waals surface area contributed by atoms with Gasteiger partial charge in [0.05, 0.1) is 14.2 Å². The number of Topliss-reactive ketones (excluding diaryl/α,β-unsaturated/α-hetero) is 1. The van der Waals surface area contributed by atoms with Crippen LogP contribution in [0.1, 0.15) is 82.6 Å². The summed E-state index contributed by atoms with van der Waals surface area (Å²) in [7, 11) is 3.25. The standard InChI is InChI=1S/C25H31NO5/c1-14-5-7-17(8-6-14)31-25(28)24-15(2)23-20(26-24)11-16(12-21(23)27)19-13-18(29-3)9-10-22(19)30-4/h9-10,13-14,16-17,26H,5-8,11-12H2,1-4H3/t14?,16-,17?/m0/s1. The predicted molar refractivity (Wildman–Crippen MR) is 117 cm³/mol. The van der Waals surface area contributed by atoms with Crippen molar-refractivity contribution in [2.45, 2.75) is 64.4 Å². The number of H-pyrrole nitrogens is 1. The van der Waals surface area contributed by atoms with E-state index >= 15 is 0 Å². The first-order chi connectivity index (χ1) is 14.9. The summed E-state index contributed by atoms with van der Waals surface area (Å²) in [4.78, 5) is 29.2. The molecule has 31 heavy (non-hydrogen) atoms. The third-order valence-electron chi connectivity index (χ3n) is 6.81. The van der Waals surface area contributed by atoms with E-state index in [1.54, 1.807) is 14.2 Å². The minimum Gasteiger partial charge on any atom is -0.497 e. The van der Waals surface area contributed by atoms with E-state index < -0.39 is 0 Å². The van der Waals surface area contributed by atoms with Crippen LogP contribution in [0.5, 0.6) is 11.5 Å². The first kappa shape index (κ1) is 21.5. The normalized spacial score (nSPS) is 23.2. The molecule has 1 saturated carbocycles. The summed E-state index contributed by atoms with van der Waals surface area (Å²) in [5.74, 6) is 1.79. The van der Waals surface area contributed by atoms with Crippen LogP contribution >= 0.6 is 0 Å².